The molecule has 1 amide bonds. The maximum absolute atomic E-state index is 12.0. The highest BCUT2D eigenvalue weighted by Gasteiger charge is 2.22. The van der Waals surface area contributed by atoms with Gasteiger partial charge in [-0.3, -0.25) is 4.79 Å². The van der Waals surface area contributed by atoms with Gasteiger partial charge in [-0.1, -0.05) is 19.3 Å². The van der Waals surface area contributed by atoms with Gasteiger partial charge in [0.2, 0.25) is 0 Å². The Labute approximate surface area is 104 Å². The van der Waals surface area contributed by atoms with Crippen LogP contribution < -0.4 is 5.32 Å². The van der Waals surface area contributed by atoms with E-state index >= 15 is 0 Å². The van der Waals surface area contributed by atoms with Crippen molar-refractivity contribution in [2.24, 2.45) is 0 Å². The van der Waals surface area contributed by atoms with Gasteiger partial charge in [0.05, 0.1) is 0 Å². The predicted molar refractivity (Wildman–Crippen MR) is 63.3 cm³/mol. The standard InChI is InChI=1S/C12H15N3O3/c16-11(15-8-4-2-1-3-5-8)9-10(12(17)18)14-7-6-13-9/h6-8H,1-5H2,(H,15,16)(H,17,18). The third-order valence-corrected chi connectivity index (χ3v) is 3.06. The maximum atomic E-state index is 12.0. The summed E-state index contributed by atoms with van der Waals surface area (Å²) in [5.41, 5.74) is -0.415. The van der Waals surface area contributed by atoms with E-state index in [9.17, 15) is 9.59 Å². The zero-order valence-electron chi connectivity index (χ0n) is 9.93. The first-order chi connectivity index (χ1) is 8.68. The molecule has 18 heavy (non-hydrogen) atoms. The van der Waals surface area contributed by atoms with Crippen LogP contribution in [-0.4, -0.2) is 33.0 Å². The highest BCUT2D eigenvalue weighted by Crippen LogP contribution is 2.17. The molecule has 1 fully saturated rings. The minimum absolute atomic E-state index is 0.115. The fourth-order valence-electron chi connectivity index (χ4n) is 2.16. The van der Waals surface area contributed by atoms with Crippen LogP contribution in [0.1, 0.15) is 53.1 Å². The van der Waals surface area contributed by atoms with Crippen LogP contribution in [0.25, 0.3) is 0 Å². The second-order valence-corrected chi connectivity index (χ2v) is 4.37. The van der Waals surface area contributed by atoms with E-state index < -0.39 is 11.9 Å². The van der Waals surface area contributed by atoms with Crippen LogP contribution in [0.2, 0.25) is 0 Å². The number of amides is 1. The summed E-state index contributed by atoms with van der Waals surface area (Å²) in [4.78, 5) is 30.4. The lowest BCUT2D eigenvalue weighted by atomic mass is 9.95. The van der Waals surface area contributed by atoms with E-state index in [2.05, 4.69) is 15.3 Å². The second kappa shape index (κ2) is 5.57. The number of carbonyl (C=O) groups excluding carboxylic acids is 1. The van der Waals surface area contributed by atoms with E-state index in [0.29, 0.717) is 0 Å². The van der Waals surface area contributed by atoms with Gasteiger partial charge in [-0.2, -0.15) is 0 Å². The Kier molecular flexibility index (Phi) is 3.86. The Morgan fingerprint density at radius 1 is 1.11 bits per heavy atom. The third-order valence-electron chi connectivity index (χ3n) is 3.06. The SMILES string of the molecule is O=C(O)c1nccnc1C(=O)NC1CCCCC1. The molecule has 2 N–H and O–H groups in total. The summed E-state index contributed by atoms with van der Waals surface area (Å²) in [7, 11) is 0. The van der Waals surface area contributed by atoms with Gasteiger partial charge in [0.25, 0.3) is 5.91 Å². The number of nitrogens with zero attached hydrogens (tertiary/aromatic N) is 2. The van der Waals surface area contributed by atoms with Crippen LogP contribution in [0.3, 0.4) is 0 Å². The Balaban J connectivity index is 2.10. The molecule has 0 aromatic carbocycles. The van der Waals surface area contributed by atoms with Crippen molar-refractivity contribution in [1.29, 1.82) is 0 Å². The van der Waals surface area contributed by atoms with Crippen LogP contribution in [0, 0.1) is 0 Å². The normalized spacial score (nSPS) is 16.2. The van der Waals surface area contributed by atoms with Gasteiger partial charge in [-0.25, -0.2) is 14.8 Å². The molecule has 6 heteroatoms. The number of aromatic carboxylic acids is 1. The lowest BCUT2D eigenvalue weighted by molar-refractivity contribution is 0.0682. The Bertz CT molecular complexity index is 456. The van der Waals surface area contributed by atoms with E-state index in [0.717, 1.165) is 25.7 Å². The zero-order valence-corrected chi connectivity index (χ0v) is 9.93. The van der Waals surface area contributed by atoms with Crippen LogP contribution in [-0.2, 0) is 0 Å². The molecule has 1 aliphatic rings. The molecule has 0 bridgehead atoms. The summed E-state index contributed by atoms with van der Waals surface area (Å²) in [6, 6.07) is 0.120. The molecule has 1 aliphatic carbocycles. The van der Waals surface area contributed by atoms with Crippen molar-refractivity contribution in [3.05, 3.63) is 23.8 Å². The molecule has 96 valence electrons. The molecule has 1 aromatic heterocycles. The first kappa shape index (κ1) is 12.5. The van der Waals surface area contributed by atoms with E-state index in [1.54, 1.807) is 0 Å². The number of hydrogen-bond donors (Lipinski definition) is 2. The molecule has 1 heterocycles. The molecule has 1 saturated carbocycles. The number of carbonyl (C=O) groups is 2. The third kappa shape index (κ3) is 2.82. The number of rotatable bonds is 3. The average molecular weight is 249 g/mol. The lowest BCUT2D eigenvalue weighted by Crippen LogP contribution is -2.37. The maximum Gasteiger partial charge on any atom is 0.356 e. The summed E-state index contributed by atoms with van der Waals surface area (Å²) in [6.45, 7) is 0. The van der Waals surface area contributed by atoms with Crippen molar-refractivity contribution in [2.45, 2.75) is 38.1 Å². The Hall–Kier alpha value is -1.98. The quantitative estimate of drug-likeness (QED) is 0.840. The summed E-state index contributed by atoms with van der Waals surface area (Å²) in [5, 5.41) is 11.8. The smallest absolute Gasteiger partial charge is 0.356 e. The van der Waals surface area contributed by atoms with Gasteiger partial charge in [0.1, 0.15) is 0 Å². The fourth-order valence-corrected chi connectivity index (χ4v) is 2.16. The van der Waals surface area contributed by atoms with Gasteiger partial charge in [0, 0.05) is 18.4 Å². The van der Waals surface area contributed by atoms with E-state index in [1.807, 2.05) is 0 Å². The number of aromatic nitrogens is 2. The first-order valence-corrected chi connectivity index (χ1v) is 6.03. The lowest BCUT2D eigenvalue weighted by Gasteiger charge is -2.22. The molecule has 0 aliphatic heterocycles. The van der Waals surface area contributed by atoms with Crippen molar-refractivity contribution < 1.29 is 14.7 Å². The summed E-state index contributed by atoms with van der Waals surface area (Å²) in [5.74, 6) is -1.69. The minimum Gasteiger partial charge on any atom is -0.476 e. The van der Waals surface area contributed by atoms with Crippen molar-refractivity contribution in [2.75, 3.05) is 0 Å². The highest BCUT2D eigenvalue weighted by molar-refractivity contribution is 6.02. The van der Waals surface area contributed by atoms with Crippen LogP contribution >= 0.6 is 0 Å². The molecule has 0 atom stereocenters. The van der Waals surface area contributed by atoms with E-state index in [4.69, 9.17) is 5.11 Å². The molecule has 0 spiro atoms. The van der Waals surface area contributed by atoms with E-state index in [-0.39, 0.29) is 17.4 Å². The molecule has 0 saturated heterocycles. The minimum atomic E-state index is -1.24. The van der Waals surface area contributed by atoms with Gasteiger partial charge >= 0.3 is 5.97 Å². The monoisotopic (exact) mass is 249 g/mol. The van der Waals surface area contributed by atoms with Gasteiger partial charge < -0.3 is 10.4 Å². The molecular weight excluding hydrogens is 234 g/mol. The van der Waals surface area contributed by atoms with Crippen LogP contribution in [0.5, 0.6) is 0 Å². The van der Waals surface area contributed by atoms with Gasteiger partial charge in [-0.15, -0.1) is 0 Å². The Morgan fingerprint density at radius 3 is 2.33 bits per heavy atom. The number of carboxylic acid groups (broad SMARTS) is 1. The zero-order chi connectivity index (χ0) is 13.0. The highest BCUT2D eigenvalue weighted by atomic mass is 16.4. The van der Waals surface area contributed by atoms with Crippen molar-refractivity contribution in [3.8, 4) is 0 Å². The van der Waals surface area contributed by atoms with E-state index in [1.165, 1.54) is 18.8 Å². The predicted octanol–water partition coefficient (Wildman–Crippen LogP) is 1.24. The summed E-state index contributed by atoms with van der Waals surface area (Å²) in [6.07, 6.45) is 7.85. The molecule has 2 rings (SSSR count). The topological polar surface area (TPSA) is 92.2 Å². The first-order valence-electron chi connectivity index (χ1n) is 6.03. The van der Waals surface area contributed by atoms with Crippen molar-refractivity contribution >= 4 is 11.9 Å². The average Bonchev–Trinajstić information content (AvgIpc) is 2.40. The molecule has 1 aromatic rings. The second-order valence-electron chi connectivity index (χ2n) is 4.37. The fraction of sp³-hybridized carbons (Fsp3) is 0.500. The van der Waals surface area contributed by atoms with Crippen molar-refractivity contribution in [1.82, 2.24) is 15.3 Å². The van der Waals surface area contributed by atoms with Crippen LogP contribution in [0.4, 0.5) is 0 Å². The largest absolute Gasteiger partial charge is 0.476 e. The molecular formula is C12H15N3O3. The number of hydrogen-bond acceptors (Lipinski definition) is 4. The van der Waals surface area contributed by atoms with Gasteiger partial charge in [0.15, 0.2) is 11.4 Å². The summed E-state index contributed by atoms with van der Waals surface area (Å²) < 4.78 is 0. The molecule has 0 radical (unpaired) electrons. The Morgan fingerprint density at radius 2 is 1.72 bits per heavy atom. The summed E-state index contributed by atoms with van der Waals surface area (Å²) >= 11 is 0. The van der Waals surface area contributed by atoms with Crippen molar-refractivity contribution in [3.63, 3.8) is 0 Å². The molecule has 6 nitrogen and oxygen atoms in total. The number of carboxylic acids is 1. The molecule has 0 unspecified atom stereocenters. The van der Waals surface area contributed by atoms with Gasteiger partial charge in [-0.05, 0) is 12.8 Å². The number of nitrogens with one attached hydrogen (secondary N) is 1. The van der Waals surface area contributed by atoms with Crippen LogP contribution in [0.15, 0.2) is 12.4 Å².